The molecule has 9 nitrogen and oxygen atoms in total. The maximum Gasteiger partial charge on any atom is 0.336 e. The highest BCUT2D eigenvalue weighted by molar-refractivity contribution is 7.09. The number of hydrogen-bond acceptors (Lipinski definition) is 7. The molecule has 2 heterocycles. The minimum Gasteiger partial charge on any atom is -0.427 e. The van der Waals surface area contributed by atoms with Gasteiger partial charge in [-0.3, -0.25) is 10.1 Å². The van der Waals surface area contributed by atoms with Crippen LogP contribution in [0.1, 0.15) is 33.1 Å². The number of amides is 3. The highest BCUT2D eigenvalue weighted by Crippen LogP contribution is 2.16. The Labute approximate surface area is 181 Å². The summed E-state index contributed by atoms with van der Waals surface area (Å²) in [7, 11) is 1.58. The average Bonchev–Trinajstić information content (AvgIpc) is 3.12. The van der Waals surface area contributed by atoms with Gasteiger partial charge >= 0.3 is 11.7 Å². The standard InChI is InChI=1S/C20H20FN5O4S/c1-11-7-16(27)30-12(2)17(11)18(28)26(3)10-15-23-20(31-25-15)24-19(29)22-9-13-5-4-6-14(21)8-13/h4-8H,9-10H2,1-3H3,(H2,22,23,24,25,29). The van der Waals surface area contributed by atoms with E-state index in [1.807, 2.05) is 0 Å². The molecule has 2 aromatic heterocycles. The summed E-state index contributed by atoms with van der Waals surface area (Å²) in [5, 5.41) is 5.41. The van der Waals surface area contributed by atoms with Gasteiger partial charge in [0, 0.05) is 31.2 Å². The number of carbonyl (C=O) groups is 2. The summed E-state index contributed by atoms with van der Waals surface area (Å²) in [4.78, 5) is 41.8. The highest BCUT2D eigenvalue weighted by atomic mass is 32.1. The molecule has 162 valence electrons. The Morgan fingerprint density at radius 2 is 2.03 bits per heavy atom. The van der Waals surface area contributed by atoms with Gasteiger partial charge in [0.1, 0.15) is 11.6 Å². The van der Waals surface area contributed by atoms with Gasteiger partial charge in [0.2, 0.25) is 5.13 Å². The Morgan fingerprint density at radius 1 is 1.26 bits per heavy atom. The van der Waals surface area contributed by atoms with Crippen molar-refractivity contribution in [2.75, 3.05) is 12.4 Å². The summed E-state index contributed by atoms with van der Waals surface area (Å²) in [6.07, 6.45) is 0. The molecular formula is C20H20FN5O4S. The van der Waals surface area contributed by atoms with Crippen LogP contribution in [0.25, 0.3) is 0 Å². The number of aromatic nitrogens is 2. The van der Waals surface area contributed by atoms with Crippen LogP contribution < -0.4 is 16.3 Å². The SMILES string of the molecule is Cc1cc(=O)oc(C)c1C(=O)N(C)Cc1nsc(NC(=O)NCc2cccc(F)c2)n1. The quantitative estimate of drug-likeness (QED) is 0.603. The molecule has 0 aliphatic rings. The van der Waals surface area contributed by atoms with Crippen molar-refractivity contribution in [1.29, 1.82) is 0 Å². The van der Waals surface area contributed by atoms with Crippen molar-refractivity contribution in [2.45, 2.75) is 26.9 Å². The molecule has 0 radical (unpaired) electrons. The van der Waals surface area contributed by atoms with E-state index < -0.39 is 11.7 Å². The Hall–Kier alpha value is -3.60. The lowest BCUT2D eigenvalue weighted by Crippen LogP contribution is -2.29. The number of urea groups is 1. The summed E-state index contributed by atoms with van der Waals surface area (Å²) >= 11 is 0.969. The minimum atomic E-state index is -0.512. The van der Waals surface area contributed by atoms with Crippen LogP contribution in [0.15, 0.2) is 39.5 Å². The van der Waals surface area contributed by atoms with Crippen molar-refractivity contribution in [2.24, 2.45) is 0 Å². The number of hydrogen-bond donors (Lipinski definition) is 2. The van der Waals surface area contributed by atoms with Crippen molar-refractivity contribution in [3.63, 3.8) is 0 Å². The van der Waals surface area contributed by atoms with Crippen molar-refractivity contribution in [3.05, 3.63) is 74.8 Å². The fourth-order valence-electron chi connectivity index (χ4n) is 2.89. The molecule has 0 fully saturated rings. The van der Waals surface area contributed by atoms with E-state index in [1.54, 1.807) is 33.0 Å². The molecule has 0 atom stereocenters. The predicted octanol–water partition coefficient (Wildman–Crippen LogP) is 2.84. The zero-order chi connectivity index (χ0) is 22.5. The van der Waals surface area contributed by atoms with Gasteiger partial charge < -0.3 is 14.6 Å². The van der Waals surface area contributed by atoms with Crippen LogP contribution in [0.2, 0.25) is 0 Å². The third kappa shape index (κ3) is 5.72. The third-order valence-corrected chi connectivity index (χ3v) is 4.97. The van der Waals surface area contributed by atoms with E-state index in [0.717, 1.165) is 11.5 Å². The van der Waals surface area contributed by atoms with Crippen LogP contribution in [0, 0.1) is 19.7 Å². The van der Waals surface area contributed by atoms with Gasteiger partial charge in [-0.05, 0) is 37.1 Å². The molecule has 0 saturated carbocycles. The normalized spacial score (nSPS) is 10.6. The van der Waals surface area contributed by atoms with E-state index in [1.165, 1.54) is 23.1 Å². The van der Waals surface area contributed by atoms with Crippen LogP contribution >= 0.6 is 11.5 Å². The second-order valence-corrected chi connectivity index (χ2v) is 7.55. The zero-order valence-electron chi connectivity index (χ0n) is 17.1. The van der Waals surface area contributed by atoms with Gasteiger partial charge in [-0.15, -0.1) is 0 Å². The molecule has 0 saturated heterocycles. The Balaban J connectivity index is 1.57. The minimum absolute atomic E-state index is 0.0972. The molecule has 0 unspecified atom stereocenters. The average molecular weight is 445 g/mol. The number of nitrogens with one attached hydrogen (secondary N) is 2. The molecular weight excluding hydrogens is 425 g/mol. The second kappa shape index (κ2) is 9.47. The first kappa shape index (κ1) is 22.1. The summed E-state index contributed by atoms with van der Waals surface area (Å²) in [6.45, 7) is 3.47. The molecule has 31 heavy (non-hydrogen) atoms. The molecule has 3 amide bonds. The lowest BCUT2D eigenvalue weighted by molar-refractivity contribution is 0.0777. The predicted molar refractivity (Wildman–Crippen MR) is 112 cm³/mol. The van der Waals surface area contributed by atoms with E-state index >= 15 is 0 Å². The van der Waals surface area contributed by atoms with Gasteiger partial charge in [0.05, 0.1) is 12.1 Å². The molecule has 0 bridgehead atoms. The summed E-state index contributed by atoms with van der Waals surface area (Å²) in [5.41, 5.74) is 0.943. The number of benzene rings is 1. The van der Waals surface area contributed by atoms with Crippen molar-refractivity contribution < 1.29 is 18.4 Å². The van der Waals surface area contributed by atoms with E-state index in [2.05, 4.69) is 20.0 Å². The van der Waals surface area contributed by atoms with Gasteiger partial charge in [-0.25, -0.2) is 19.0 Å². The van der Waals surface area contributed by atoms with Crippen LogP contribution in [0.3, 0.4) is 0 Å². The van der Waals surface area contributed by atoms with E-state index in [-0.39, 0.29) is 35.7 Å². The number of anilines is 1. The maximum atomic E-state index is 13.2. The fourth-order valence-corrected chi connectivity index (χ4v) is 3.47. The number of nitrogens with zero attached hydrogens (tertiary/aromatic N) is 3. The van der Waals surface area contributed by atoms with Gasteiger partial charge in [0.15, 0.2) is 5.82 Å². The van der Waals surface area contributed by atoms with Gasteiger partial charge in [-0.1, -0.05) is 12.1 Å². The Kier molecular flexibility index (Phi) is 6.75. The third-order valence-electron chi connectivity index (χ3n) is 4.30. The van der Waals surface area contributed by atoms with E-state index in [0.29, 0.717) is 22.5 Å². The molecule has 0 aliphatic heterocycles. The monoisotopic (exact) mass is 445 g/mol. The largest absolute Gasteiger partial charge is 0.427 e. The Bertz CT molecular complexity index is 1150. The lowest BCUT2D eigenvalue weighted by atomic mass is 10.1. The number of rotatable bonds is 6. The van der Waals surface area contributed by atoms with Crippen LogP contribution in [-0.2, 0) is 13.1 Å². The topological polar surface area (TPSA) is 117 Å². The maximum absolute atomic E-state index is 13.2. The first-order chi connectivity index (χ1) is 14.7. The van der Waals surface area contributed by atoms with Crippen molar-refractivity contribution in [3.8, 4) is 0 Å². The fraction of sp³-hybridized carbons (Fsp3) is 0.250. The number of aryl methyl sites for hydroxylation is 2. The van der Waals surface area contributed by atoms with Crippen LogP contribution in [-0.4, -0.2) is 33.2 Å². The molecule has 3 aromatic rings. The van der Waals surface area contributed by atoms with E-state index in [9.17, 15) is 18.8 Å². The smallest absolute Gasteiger partial charge is 0.336 e. The molecule has 3 rings (SSSR count). The van der Waals surface area contributed by atoms with Crippen molar-refractivity contribution >= 4 is 28.6 Å². The molecule has 2 N–H and O–H groups in total. The van der Waals surface area contributed by atoms with Crippen molar-refractivity contribution in [1.82, 2.24) is 19.6 Å². The van der Waals surface area contributed by atoms with Gasteiger partial charge in [-0.2, -0.15) is 4.37 Å². The Morgan fingerprint density at radius 3 is 2.74 bits per heavy atom. The van der Waals surface area contributed by atoms with Gasteiger partial charge in [0.25, 0.3) is 5.91 Å². The number of halogens is 1. The summed E-state index contributed by atoms with van der Waals surface area (Å²) < 4.78 is 22.3. The first-order valence-electron chi connectivity index (χ1n) is 9.21. The molecule has 0 aliphatic carbocycles. The highest BCUT2D eigenvalue weighted by Gasteiger charge is 2.20. The summed E-state index contributed by atoms with van der Waals surface area (Å²) in [5.74, 6) is -0.134. The molecule has 1 aromatic carbocycles. The second-order valence-electron chi connectivity index (χ2n) is 6.79. The van der Waals surface area contributed by atoms with Crippen LogP contribution in [0.5, 0.6) is 0 Å². The van der Waals surface area contributed by atoms with E-state index in [4.69, 9.17) is 4.42 Å². The van der Waals surface area contributed by atoms with Crippen LogP contribution in [0.4, 0.5) is 14.3 Å². The zero-order valence-corrected chi connectivity index (χ0v) is 17.9. The molecule has 11 heteroatoms. The lowest BCUT2D eigenvalue weighted by Gasteiger charge is -2.17. The molecule has 0 spiro atoms. The first-order valence-corrected chi connectivity index (χ1v) is 9.99. The number of carbonyl (C=O) groups excluding carboxylic acids is 2. The summed E-state index contributed by atoms with van der Waals surface area (Å²) in [6, 6.07) is 6.66.